The Balaban J connectivity index is 2.18. The molecule has 1 atom stereocenters. The number of thiocarbonyl (C=S) groups is 1. The second-order valence-corrected chi connectivity index (χ2v) is 7.30. The summed E-state index contributed by atoms with van der Waals surface area (Å²) < 4.78 is 27.9. The van der Waals surface area contributed by atoms with Crippen molar-refractivity contribution in [2.75, 3.05) is 19.0 Å². The van der Waals surface area contributed by atoms with Gasteiger partial charge in [-0.25, -0.2) is 8.78 Å². The zero-order chi connectivity index (χ0) is 20.6. The van der Waals surface area contributed by atoms with E-state index in [2.05, 4.69) is 5.32 Å². The minimum atomic E-state index is -0.815. The van der Waals surface area contributed by atoms with Gasteiger partial charge in [0.2, 0.25) is 0 Å². The third-order valence-corrected chi connectivity index (χ3v) is 4.99. The molecular weight excluding hydrogens is 380 g/mol. The number of rotatable bonds is 3. The number of anilines is 1. The molecule has 7 heteroatoms. The zero-order valence-electron chi connectivity index (χ0n) is 16.1. The maximum absolute atomic E-state index is 14.5. The highest BCUT2D eigenvalue weighted by molar-refractivity contribution is 7.80. The molecule has 0 fully saturated rings. The van der Waals surface area contributed by atoms with Gasteiger partial charge in [0.1, 0.15) is 11.6 Å². The molecule has 2 aromatic rings. The Bertz CT molecular complexity index is 970. The molecule has 4 nitrogen and oxygen atoms in total. The van der Waals surface area contributed by atoms with Crippen LogP contribution >= 0.6 is 12.2 Å². The van der Waals surface area contributed by atoms with E-state index in [4.69, 9.17) is 12.2 Å². The summed E-state index contributed by atoms with van der Waals surface area (Å²) in [4.78, 5) is 16.2. The largest absolute Gasteiger partial charge is 0.351 e. The summed E-state index contributed by atoms with van der Waals surface area (Å²) in [6.45, 7) is 3.76. The van der Waals surface area contributed by atoms with Crippen LogP contribution in [0, 0.1) is 18.6 Å². The van der Waals surface area contributed by atoms with E-state index in [9.17, 15) is 13.6 Å². The van der Waals surface area contributed by atoms with Gasteiger partial charge >= 0.3 is 0 Å². The second-order valence-electron chi connectivity index (χ2n) is 6.92. The predicted octanol–water partition coefficient (Wildman–Crippen LogP) is 4.07. The van der Waals surface area contributed by atoms with Crippen molar-refractivity contribution in [3.63, 3.8) is 0 Å². The van der Waals surface area contributed by atoms with E-state index in [-0.39, 0.29) is 11.5 Å². The number of halogens is 2. The van der Waals surface area contributed by atoms with Crippen LogP contribution in [0.1, 0.15) is 24.1 Å². The summed E-state index contributed by atoms with van der Waals surface area (Å²) in [5.41, 5.74) is 3.00. The highest BCUT2D eigenvalue weighted by Crippen LogP contribution is 2.35. The molecular formula is C21H21F2N3OS. The molecule has 1 amide bonds. The van der Waals surface area contributed by atoms with Gasteiger partial charge in [-0.1, -0.05) is 23.8 Å². The number of allylic oxidation sites excluding steroid dienone is 1. The third kappa shape index (κ3) is 3.62. The molecule has 0 bridgehead atoms. The lowest BCUT2D eigenvalue weighted by atomic mass is 9.93. The Morgan fingerprint density at radius 2 is 1.75 bits per heavy atom. The number of benzene rings is 2. The normalized spacial score (nSPS) is 16.9. The fourth-order valence-electron chi connectivity index (χ4n) is 3.23. The molecule has 1 N–H and O–H groups in total. The topological polar surface area (TPSA) is 35.6 Å². The lowest BCUT2D eigenvalue weighted by molar-refractivity contribution is -0.125. The van der Waals surface area contributed by atoms with Gasteiger partial charge in [0.25, 0.3) is 5.91 Å². The van der Waals surface area contributed by atoms with Gasteiger partial charge in [0.15, 0.2) is 5.11 Å². The molecule has 1 aliphatic heterocycles. The van der Waals surface area contributed by atoms with Gasteiger partial charge < -0.3 is 10.2 Å². The van der Waals surface area contributed by atoms with Gasteiger partial charge in [-0.3, -0.25) is 9.69 Å². The van der Waals surface area contributed by atoms with E-state index in [1.54, 1.807) is 25.9 Å². The maximum atomic E-state index is 14.5. The Hall–Kier alpha value is -2.80. The van der Waals surface area contributed by atoms with Crippen LogP contribution in [-0.4, -0.2) is 30.0 Å². The Kier molecular flexibility index (Phi) is 5.47. The first-order valence-corrected chi connectivity index (χ1v) is 9.16. The van der Waals surface area contributed by atoms with Crippen LogP contribution in [-0.2, 0) is 4.79 Å². The summed E-state index contributed by atoms with van der Waals surface area (Å²) in [5.74, 6) is -1.69. The monoisotopic (exact) mass is 401 g/mol. The molecule has 0 saturated carbocycles. The van der Waals surface area contributed by atoms with Gasteiger partial charge in [-0.15, -0.1) is 0 Å². The Morgan fingerprint density at radius 1 is 1.11 bits per heavy atom. The second kappa shape index (κ2) is 7.67. The number of nitrogens with one attached hydrogen (secondary N) is 1. The molecule has 1 heterocycles. The number of aryl methyl sites for hydroxylation is 1. The number of carbonyl (C=O) groups excluding carboxylic acids is 1. The maximum Gasteiger partial charge on any atom is 0.253 e. The van der Waals surface area contributed by atoms with E-state index in [1.807, 2.05) is 31.2 Å². The highest BCUT2D eigenvalue weighted by Gasteiger charge is 2.36. The van der Waals surface area contributed by atoms with Crippen molar-refractivity contribution in [3.05, 3.63) is 76.5 Å². The summed E-state index contributed by atoms with van der Waals surface area (Å²) >= 11 is 5.53. The predicted molar refractivity (Wildman–Crippen MR) is 110 cm³/mol. The molecule has 1 aliphatic rings. The van der Waals surface area contributed by atoms with E-state index < -0.39 is 17.7 Å². The summed E-state index contributed by atoms with van der Waals surface area (Å²) in [6.07, 6.45) is 0. The van der Waals surface area contributed by atoms with Crippen LogP contribution in [0.3, 0.4) is 0 Å². The van der Waals surface area contributed by atoms with Crippen molar-refractivity contribution < 1.29 is 13.6 Å². The Morgan fingerprint density at radius 3 is 2.32 bits per heavy atom. The summed E-state index contributed by atoms with van der Waals surface area (Å²) in [5, 5.41) is 3.40. The molecule has 0 aromatic heterocycles. The first-order valence-electron chi connectivity index (χ1n) is 8.75. The SMILES string of the molecule is CC1=C(C(=O)N(C)C)C(c2ccc(F)cc2F)NC(=S)N1c1ccc(C)cc1. The third-order valence-electron chi connectivity index (χ3n) is 4.69. The quantitative estimate of drug-likeness (QED) is 0.787. The summed E-state index contributed by atoms with van der Waals surface area (Å²) in [6, 6.07) is 10.2. The molecule has 0 saturated heterocycles. The van der Waals surface area contributed by atoms with E-state index >= 15 is 0 Å². The van der Waals surface area contributed by atoms with E-state index in [0.29, 0.717) is 16.4 Å². The molecule has 1 unspecified atom stereocenters. The average molecular weight is 401 g/mol. The number of likely N-dealkylation sites (N-methyl/N-ethyl adjacent to an activating group) is 1. The van der Waals surface area contributed by atoms with Crippen molar-refractivity contribution in [1.82, 2.24) is 10.2 Å². The molecule has 0 radical (unpaired) electrons. The van der Waals surface area contributed by atoms with Gasteiger partial charge in [0, 0.05) is 37.1 Å². The molecule has 0 aliphatic carbocycles. The zero-order valence-corrected chi connectivity index (χ0v) is 16.9. The van der Waals surface area contributed by atoms with Gasteiger partial charge in [-0.2, -0.15) is 0 Å². The molecule has 146 valence electrons. The molecule has 2 aromatic carbocycles. The lowest BCUT2D eigenvalue weighted by Crippen LogP contribution is -2.49. The fraction of sp³-hybridized carbons (Fsp3) is 0.238. The molecule has 3 rings (SSSR count). The minimum Gasteiger partial charge on any atom is -0.351 e. The van der Waals surface area contributed by atoms with E-state index in [0.717, 1.165) is 17.3 Å². The number of hydrogen-bond donors (Lipinski definition) is 1. The van der Waals surface area contributed by atoms with Crippen molar-refractivity contribution in [3.8, 4) is 0 Å². The molecule has 0 spiro atoms. The standard InChI is InChI=1S/C21H21F2N3OS/c1-12-5-8-15(9-6-12)26-13(2)18(20(27)25(3)4)19(24-21(26)28)16-10-7-14(22)11-17(16)23/h5-11,19H,1-4H3,(H,24,28). The van der Waals surface area contributed by atoms with Crippen LogP contribution in [0.4, 0.5) is 14.5 Å². The van der Waals surface area contributed by atoms with E-state index in [1.165, 1.54) is 17.0 Å². The minimum absolute atomic E-state index is 0.164. The van der Waals surface area contributed by atoms with Crippen LogP contribution < -0.4 is 10.2 Å². The highest BCUT2D eigenvalue weighted by atomic mass is 32.1. The van der Waals surface area contributed by atoms with Crippen LogP contribution in [0.25, 0.3) is 0 Å². The number of hydrogen-bond acceptors (Lipinski definition) is 2. The van der Waals surface area contributed by atoms with Gasteiger partial charge in [0.05, 0.1) is 11.6 Å². The van der Waals surface area contributed by atoms with Crippen molar-refractivity contribution >= 4 is 28.9 Å². The van der Waals surface area contributed by atoms with Crippen molar-refractivity contribution in [1.29, 1.82) is 0 Å². The average Bonchev–Trinajstić information content (AvgIpc) is 2.62. The first kappa shape index (κ1) is 19.9. The lowest BCUT2D eigenvalue weighted by Gasteiger charge is -2.38. The number of carbonyl (C=O) groups is 1. The molecule has 28 heavy (non-hydrogen) atoms. The number of amides is 1. The first-order chi connectivity index (χ1) is 13.2. The van der Waals surface area contributed by atoms with Crippen LogP contribution in [0.15, 0.2) is 53.7 Å². The van der Waals surface area contributed by atoms with Crippen molar-refractivity contribution in [2.45, 2.75) is 19.9 Å². The fourth-order valence-corrected chi connectivity index (χ4v) is 3.59. The number of nitrogens with zero attached hydrogens (tertiary/aromatic N) is 2. The van der Waals surface area contributed by atoms with Crippen LogP contribution in [0.5, 0.6) is 0 Å². The van der Waals surface area contributed by atoms with Crippen LogP contribution in [0.2, 0.25) is 0 Å². The van der Waals surface area contributed by atoms with Gasteiger partial charge in [-0.05, 0) is 44.3 Å². The smallest absolute Gasteiger partial charge is 0.253 e. The Labute approximate surface area is 168 Å². The van der Waals surface area contributed by atoms with Crippen molar-refractivity contribution in [2.24, 2.45) is 0 Å². The summed E-state index contributed by atoms with van der Waals surface area (Å²) in [7, 11) is 3.26.